The van der Waals surface area contributed by atoms with Crippen molar-refractivity contribution >= 4 is 23.4 Å². The van der Waals surface area contributed by atoms with Gasteiger partial charge in [0.15, 0.2) is 0 Å². The zero-order chi connectivity index (χ0) is 14.0. The fourth-order valence-corrected chi connectivity index (χ4v) is 1.93. The van der Waals surface area contributed by atoms with Gasteiger partial charge in [-0.2, -0.15) is 0 Å². The van der Waals surface area contributed by atoms with E-state index in [1.807, 2.05) is 0 Å². The first-order chi connectivity index (χ1) is 9.02. The summed E-state index contributed by atoms with van der Waals surface area (Å²) in [5, 5.41) is 0. The molecule has 1 aromatic rings. The summed E-state index contributed by atoms with van der Waals surface area (Å²) in [7, 11) is 3.04. The van der Waals surface area contributed by atoms with Crippen LogP contribution in [0.15, 0.2) is 12.3 Å². The van der Waals surface area contributed by atoms with Gasteiger partial charge in [-0.05, 0) is 6.07 Å². The zero-order valence-electron chi connectivity index (χ0n) is 10.9. The van der Waals surface area contributed by atoms with Gasteiger partial charge in [-0.1, -0.05) is 0 Å². The summed E-state index contributed by atoms with van der Waals surface area (Å²) in [6, 6.07) is 1.51. The average Bonchev–Trinajstić information content (AvgIpc) is 2.41. The number of aromatic nitrogens is 1. The average molecular weight is 264 g/mol. The quantitative estimate of drug-likeness (QED) is 0.740. The third kappa shape index (κ3) is 2.59. The number of esters is 1. The monoisotopic (exact) mass is 264 g/mol. The van der Waals surface area contributed by atoms with Crippen molar-refractivity contribution in [2.45, 2.75) is 0 Å². The maximum absolute atomic E-state index is 11.7. The van der Waals surface area contributed by atoms with Crippen LogP contribution >= 0.6 is 0 Å². The van der Waals surface area contributed by atoms with Gasteiger partial charge in [-0.3, -0.25) is 4.79 Å². The summed E-state index contributed by atoms with van der Waals surface area (Å²) in [5.74, 6) is -0.0932. The van der Waals surface area contributed by atoms with Gasteiger partial charge in [0, 0.05) is 20.1 Å². The number of nitrogens with zero attached hydrogens (tertiary/aromatic N) is 3. The Morgan fingerprint density at radius 2 is 2.21 bits per heavy atom. The highest BCUT2D eigenvalue weighted by molar-refractivity contribution is 5.96. The largest absolute Gasteiger partial charge is 0.465 e. The normalized spacial score (nSPS) is 15.6. The number of piperazine rings is 1. The minimum Gasteiger partial charge on any atom is -0.465 e. The van der Waals surface area contributed by atoms with Crippen LogP contribution in [0.4, 0.5) is 11.5 Å². The standard InChI is InChI=1S/C12H16N4O3/c1-15-3-4-16(7-10(15)17)11-9(12(18)19-2)5-8(13)6-14-11/h5-6H,3-4,7,13H2,1-2H3. The van der Waals surface area contributed by atoms with Gasteiger partial charge in [0.05, 0.1) is 25.5 Å². The van der Waals surface area contributed by atoms with Crippen molar-refractivity contribution in [2.24, 2.45) is 0 Å². The van der Waals surface area contributed by atoms with E-state index < -0.39 is 5.97 Å². The molecule has 1 amide bonds. The highest BCUT2D eigenvalue weighted by atomic mass is 16.5. The van der Waals surface area contributed by atoms with Gasteiger partial charge >= 0.3 is 5.97 Å². The molecule has 1 aliphatic rings. The molecule has 7 heteroatoms. The number of methoxy groups -OCH3 is 1. The highest BCUT2D eigenvalue weighted by Crippen LogP contribution is 2.22. The van der Waals surface area contributed by atoms with E-state index in [1.165, 1.54) is 19.4 Å². The molecule has 2 N–H and O–H groups in total. The maximum atomic E-state index is 11.7. The van der Waals surface area contributed by atoms with Crippen molar-refractivity contribution in [1.82, 2.24) is 9.88 Å². The molecule has 1 aliphatic heterocycles. The molecule has 1 fully saturated rings. The number of carbonyl (C=O) groups excluding carboxylic acids is 2. The predicted octanol–water partition coefficient (Wildman–Crippen LogP) is -0.271. The Hall–Kier alpha value is -2.31. The number of amides is 1. The molecule has 102 valence electrons. The molecule has 0 unspecified atom stereocenters. The highest BCUT2D eigenvalue weighted by Gasteiger charge is 2.26. The smallest absolute Gasteiger partial charge is 0.341 e. The Balaban J connectivity index is 2.34. The van der Waals surface area contributed by atoms with Crippen molar-refractivity contribution in [1.29, 1.82) is 0 Å². The van der Waals surface area contributed by atoms with E-state index in [2.05, 4.69) is 4.98 Å². The van der Waals surface area contributed by atoms with E-state index in [1.54, 1.807) is 16.8 Å². The molecule has 2 heterocycles. The lowest BCUT2D eigenvalue weighted by Gasteiger charge is -2.33. The lowest BCUT2D eigenvalue weighted by atomic mass is 10.2. The molecule has 0 aliphatic carbocycles. The molecule has 1 saturated heterocycles. The van der Waals surface area contributed by atoms with Crippen molar-refractivity contribution in [2.75, 3.05) is 44.4 Å². The summed E-state index contributed by atoms with van der Waals surface area (Å²) in [5.41, 5.74) is 6.29. The fourth-order valence-electron chi connectivity index (χ4n) is 1.93. The van der Waals surface area contributed by atoms with Gasteiger partial charge in [-0.25, -0.2) is 9.78 Å². The van der Waals surface area contributed by atoms with Crippen molar-refractivity contribution in [3.8, 4) is 0 Å². The number of anilines is 2. The number of rotatable bonds is 2. The zero-order valence-corrected chi connectivity index (χ0v) is 10.9. The van der Waals surface area contributed by atoms with Gasteiger partial charge < -0.3 is 20.3 Å². The molecule has 7 nitrogen and oxygen atoms in total. The Bertz CT molecular complexity index is 518. The predicted molar refractivity (Wildman–Crippen MR) is 69.8 cm³/mol. The number of pyridine rings is 1. The van der Waals surface area contributed by atoms with Crippen LogP contribution in [-0.4, -0.2) is 55.6 Å². The Morgan fingerprint density at radius 3 is 2.84 bits per heavy atom. The SMILES string of the molecule is COC(=O)c1cc(N)cnc1N1CCN(C)C(=O)C1. The Labute approximate surface area is 110 Å². The first-order valence-electron chi connectivity index (χ1n) is 5.85. The van der Waals surface area contributed by atoms with Crippen LogP contribution in [0.3, 0.4) is 0 Å². The summed E-state index contributed by atoms with van der Waals surface area (Å²) < 4.78 is 4.71. The van der Waals surface area contributed by atoms with Gasteiger partial charge in [0.25, 0.3) is 0 Å². The number of likely N-dealkylation sites (N-methyl/N-ethyl adjacent to an activating group) is 1. The van der Waals surface area contributed by atoms with Crippen LogP contribution in [0.2, 0.25) is 0 Å². The minimum atomic E-state index is -0.513. The third-order valence-corrected chi connectivity index (χ3v) is 3.05. The molecule has 19 heavy (non-hydrogen) atoms. The van der Waals surface area contributed by atoms with Crippen LogP contribution in [0.5, 0.6) is 0 Å². The lowest BCUT2D eigenvalue weighted by molar-refractivity contribution is -0.129. The van der Waals surface area contributed by atoms with E-state index in [0.29, 0.717) is 24.6 Å². The van der Waals surface area contributed by atoms with Gasteiger partial charge in [-0.15, -0.1) is 0 Å². The number of carbonyl (C=O) groups is 2. The van der Waals surface area contributed by atoms with Crippen molar-refractivity contribution in [3.63, 3.8) is 0 Å². The summed E-state index contributed by atoms with van der Waals surface area (Å²) in [6.07, 6.45) is 1.46. The first kappa shape index (κ1) is 13.1. The van der Waals surface area contributed by atoms with Crippen LogP contribution in [0.25, 0.3) is 0 Å². The van der Waals surface area contributed by atoms with E-state index in [0.717, 1.165) is 0 Å². The van der Waals surface area contributed by atoms with Gasteiger partial charge in [0.2, 0.25) is 5.91 Å². The Kier molecular flexibility index (Phi) is 3.55. The van der Waals surface area contributed by atoms with Crippen molar-refractivity contribution in [3.05, 3.63) is 17.8 Å². The van der Waals surface area contributed by atoms with E-state index in [9.17, 15) is 9.59 Å². The number of nitrogen functional groups attached to an aromatic ring is 1. The molecule has 0 radical (unpaired) electrons. The number of hydrogen-bond acceptors (Lipinski definition) is 6. The molecule has 0 aromatic carbocycles. The van der Waals surface area contributed by atoms with Crippen LogP contribution < -0.4 is 10.6 Å². The van der Waals surface area contributed by atoms with Crippen molar-refractivity contribution < 1.29 is 14.3 Å². The summed E-state index contributed by atoms with van der Waals surface area (Å²) >= 11 is 0. The molecular formula is C12H16N4O3. The fraction of sp³-hybridized carbons (Fsp3) is 0.417. The number of ether oxygens (including phenoxy) is 1. The van der Waals surface area contributed by atoms with E-state index in [-0.39, 0.29) is 18.0 Å². The minimum absolute atomic E-state index is 0.0132. The molecule has 2 rings (SSSR count). The number of nitrogens with two attached hydrogens (primary N) is 1. The Morgan fingerprint density at radius 1 is 1.47 bits per heavy atom. The third-order valence-electron chi connectivity index (χ3n) is 3.05. The molecular weight excluding hydrogens is 248 g/mol. The number of hydrogen-bond donors (Lipinski definition) is 1. The molecule has 0 saturated carbocycles. The second-order valence-corrected chi connectivity index (χ2v) is 4.37. The van der Waals surface area contributed by atoms with E-state index >= 15 is 0 Å². The summed E-state index contributed by atoms with van der Waals surface area (Å²) in [6.45, 7) is 1.39. The van der Waals surface area contributed by atoms with Crippen LogP contribution in [0.1, 0.15) is 10.4 Å². The second kappa shape index (κ2) is 5.13. The van der Waals surface area contributed by atoms with Crippen LogP contribution in [0, 0.1) is 0 Å². The van der Waals surface area contributed by atoms with Gasteiger partial charge in [0.1, 0.15) is 11.4 Å². The lowest BCUT2D eigenvalue weighted by Crippen LogP contribution is -2.49. The van der Waals surface area contributed by atoms with E-state index in [4.69, 9.17) is 10.5 Å². The first-order valence-corrected chi connectivity index (χ1v) is 5.85. The van der Waals surface area contributed by atoms with Crippen LogP contribution in [-0.2, 0) is 9.53 Å². The maximum Gasteiger partial charge on any atom is 0.341 e. The summed E-state index contributed by atoms with van der Waals surface area (Å²) in [4.78, 5) is 31.0. The molecule has 0 spiro atoms. The second-order valence-electron chi connectivity index (χ2n) is 4.37. The topological polar surface area (TPSA) is 88.8 Å². The molecule has 0 bridgehead atoms. The molecule has 0 atom stereocenters. The molecule has 1 aromatic heterocycles.